The van der Waals surface area contributed by atoms with Crippen LogP contribution in [0.3, 0.4) is 0 Å². The Morgan fingerprint density at radius 2 is 1.89 bits per heavy atom. The Morgan fingerprint density at radius 1 is 1.25 bits per heavy atom. The van der Waals surface area contributed by atoms with Gasteiger partial charge in [0.05, 0.1) is 6.54 Å². The van der Waals surface area contributed by atoms with Gasteiger partial charge in [0.15, 0.2) is 0 Å². The molecule has 0 saturated carbocycles. The minimum Gasteiger partial charge on any atom is -0.329 e. The van der Waals surface area contributed by atoms with E-state index in [0.29, 0.717) is 12.1 Å². The van der Waals surface area contributed by atoms with Crippen LogP contribution in [-0.2, 0) is 17.5 Å². The number of nitrogens with zero attached hydrogens (tertiary/aromatic N) is 3. The number of rotatable bonds is 7. The highest BCUT2D eigenvalue weighted by molar-refractivity contribution is 5.82. The Morgan fingerprint density at radius 3 is 2.39 bits per heavy atom. The first-order valence-corrected chi connectivity index (χ1v) is 8.81. The molecular formula is C20H22F3N3O2. The van der Waals surface area contributed by atoms with Crippen molar-refractivity contribution < 1.29 is 22.5 Å². The van der Waals surface area contributed by atoms with E-state index in [-0.39, 0.29) is 18.3 Å². The van der Waals surface area contributed by atoms with Gasteiger partial charge in [-0.25, -0.2) is 0 Å². The lowest BCUT2D eigenvalue weighted by Crippen LogP contribution is -2.40. The second kappa shape index (κ2) is 8.46. The molecule has 1 aromatic carbocycles. The Bertz CT molecular complexity index is 849. The summed E-state index contributed by atoms with van der Waals surface area (Å²) >= 11 is 0. The van der Waals surface area contributed by atoms with Crippen LogP contribution in [0, 0.1) is 17.8 Å². The number of halogens is 3. The van der Waals surface area contributed by atoms with Crippen LogP contribution in [0.25, 0.3) is 11.4 Å². The van der Waals surface area contributed by atoms with Crippen molar-refractivity contribution in [3.8, 4) is 23.7 Å². The molecule has 1 amide bonds. The molecular weight excluding hydrogens is 371 g/mol. The number of amides is 1. The molecule has 150 valence electrons. The van der Waals surface area contributed by atoms with Crippen LogP contribution in [0.1, 0.15) is 45.1 Å². The molecule has 2 aromatic rings. The Kier molecular flexibility index (Phi) is 6.49. The lowest BCUT2D eigenvalue weighted by atomic mass is 9.86. The maximum Gasteiger partial charge on any atom is 0.471 e. The van der Waals surface area contributed by atoms with Gasteiger partial charge in [0.25, 0.3) is 0 Å². The van der Waals surface area contributed by atoms with E-state index in [9.17, 15) is 18.0 Å². The predicted octanol–water partition coefficient (Wildman–Crippen LogP) is 4.54. The smallest absolute Gasteiger partial charge is 0.329 e. The highest BCUT2D eigenvalue weighted by Crippen LogP contribution is 2.30. The van der Waals surface area contributed by atoms with Gasteiger partial charge in [-0.3, -0.25) is 4.79 Å². The molecule has 0 spiro atoms. The van der Waals surface area contributed by atoms with E-state index in [4.69, 9.17) is 6.42 Å². The van der Waals surface area contributed by atoms with Gasteiger partial charge in [-0.1, -0.05) is 62.5 Å². The van der Waals surface area contributed by atoms with Gasteiger partial charge in [0, 0.05) is 17.5 Å². The maximum absolute atomic E-state index is 12.8. The van der Waals surface area contributed by atoms with Crippen molar-refractivity contribution >= 4 is 5.91 Å². The van der Waals surface area contributed by atoms with E-state index in [1.54, 1.807) is 29.2 Å². The first-order valence-electron chi connectivity index (χ1n) is 8.81. The van der Waals surface area contributed by atoms with Gasteiger partial charge >= 0.3 is 12.1 Å². The van der Waals surface area contributed by atoms with Crippen LogP contribution < -0.4 is 0 Å². The highest BCUT2D eigenvalue weighted by Gasteiger charge is 2.38. The van der Waals surface area contributed by atoms with Gasteiger partial charge in [-0.05, 0) is 12.0 Å². The lowest BCUT2D eigenvalue weighted by Gasteiger charge is -2.30. The fourth-order valence-corrected chi connectivity index (χ4v) is 2.91. The molecule has 8 heteroatoms. The van der Waals surface area contributed by atoms with E-state index in [2.05, 4.69) is 20.6 Å². The van der Waals surface area contributed by atoms with Crippen LogP contribution >= 0.6 is 0 Å². The van der Waals surface area contributed by atoms with Crippen molar-refractivity contribution in [3.05, 3.63) is 35.7 Å². The van der Waals surface area contributed by atoms with Gasteiger partial charge in [0.1, 0.15) is 0 Å². The number of carbonyl (C=O) groups excluding carboxylic acids is 1. The van der Waals surface area contributed by atoms with E-state index in [1.165, 1.54) is 0 Å². The lowest BCUT2D eigenvalue weighted by molar-refractivity contribution is -0.159. The van der Waals surface area contributed by atoms with Crippen molar-refractivity contribution in [1.82, 2.24) is 15.0 Å². The van der Waals surface area contributed by atoms with E-state index < -0.39 is 17.5 Å². The fourth-order valence-electron chi connectivity index (χ4n) is 2.91. The fraction of sp³-hybridized carbons (Fsp3) is 0.450. The Hall–Kier alpha value is -2.82. The molecule has 1 heterocycles. The number of carbonyl (C=O) groups is 1. The highest BCUT2D eigenvalue weighted by atomic mass is 19.4. The number of benzene rings is 1. The van der Waals surface area contributed by atoms with Gasteiger partial charge in [-0.2, -0.15) is 18.2 Å². The zero-order chi connectivity index (χ0) is 20.9. The summed E-state index contributed by atoms with van der Waals surface area (Å²) in [6.07, 6.45) is 2.34. The monoisotopic (exact) mass is 393 g/mol. The molecule has 0 saturated heterocycles. The Balaban J connectivity index is 2.16. The molecule has 0 aliphatic carbocycles. The standard InChI is InChI=1S/C20H22F3N3O2/c1-5-11-19(3,4)18(27)26(12-6-2)13-14-7-9-15(10-8-14)16-24-17(28-25-16)20(21,22)23/h2,7-10H,5,11-13H2,1,3-4H3. The minimum atomic E-state index is -4.69. The molecule has 1 aromatic heterocycles. The molecule has 0 atom stereocenters. The largest absolute Gasteiger partial charge is 0.471 e. The molecule has 5 nitrogen and oxygen atoms in total. The molecule has 0 fully saturated rings. The second-order valence-electron chi connectivity index (χ2n) is 7.12. The van der Waals surface area contributed by atoms with Crippen molar-refractivity contribution in [2.24, 2.45) is 5.41 Å². The van der Waals surface area contributed by atoms with Crippen LogP contribution in [0.5, 0.6) is 0 Å². The maximum atomic E-state index is 12.8. The zero-order valence-corrected chi connectivity index (χ0v) is 16.0. The molecule has 0 radical (unpaired) electrons. The summed E-state index contributed by atoms with van der Waals surface area (Å²) in [5.41, 5.74) is 0.646. The van der Waals surface area contributed by atoms with Gasteiger partial charge in [-0.15, -0.1) is 6.42 Å². The topological polar surface area (TPSA) is 59.2 Å². The number of alkyl halides is 3. The van der Waals surface area contributed by atoms with E-state index in [1.807, 2.05) is 20.8 Å². The van der Waals surface area contributed by atoms with Crippen LogP contribution in [0.2, 0.25) is 0 Å². The summed E-state index contributed by atoms with van der Waals surface area (Å²) < 4.78 is 42.0. The number of hydrogen-bond acceptors (Lipinski definition) is 4. The van der Waals surface area contributed by atoms with Crippen molar-refractivity contribution in [2.75, 3.05) is 6.54 Å². The predicted molar refractivity (Wildman–Crippen MR) is 97.7 cm³/mol. The molecule has 0 aliphatic heterocycles. The molecule has 0 aliphatic rings. The SMILES string of the molecule is C#CCN(Cc1ccc(-c2noc(C(F)(F)F)n2)cc1)C(=O)C(C)(C)CCC. The second-order valence-corrected chi connectivity index (χ2v) is 7.12. The number of hydrogen-bond donors (Lipinski definition) is 0. The number of aromatic nitrogens is 2. The number of terminal acetylenes is 1. The molecule has 0 unspecified atom stereocenters. The summed E-state index contributed by atoms with van der Waals surface area (Å²) in [4.78, 5) is 17.8. The van der Waals surface area contributed by atoms with Crippen molar-refractivity contribution in [1.29, 1.82) is 0 Å². The summed E-state index contributed by atoms with van der Waals surface area (Å²) in [5, 5.41) is 3.36. The summed E-state index contributed by atoms with van der Waals surface area (Å²) in [6, 6.07) is 6.55. The van der Waals surface area contributed by atoms with Crippen LogP contribution in [-0.4, -0.2) is 27.5 Å². The van der Waals surface area contributed by atoms with E-state index in [0.717, 1.165) is 18.4 Å². The van der Waals surface area contributed by atoms with Crippen molar-refractivity contribution in [3.63, 3.8) is 0 Å². The third kappa shape index (κ3) is 5.12. The molecule has 0 N–H and O–H groups in total. The third-order valence-corrected chi connectivity index (χ3v) is 4.28. The average molecular weight is 393 g/mol. The van der Waals surface area contributed by atoms with Crippen LogP contribution in [0.15, 0.2) is 28.8 Å². The first-order chi connectivity index (χ1) is 13.1. The summed E-state index contributed by atoms with van der Waals surface area (Å²) in [7, 11) is 0. The quantitative estimate of drug-likeness (QED) is 0.648. The zero-order valence-electron chi connectivity index (χ0n) is 16.0. The first kappa shape index (κ1) is 21.5. The molecule has 0 bridgehead atoms. The Labute approximate surface area is 161 Å². The normalized spacial score (nSPS) is 11.9. The molecule has 2 rings (SSSR count). The van der Waals surface area contributed by atoms with Crippen LogP contribution in [0.4, 0.5) is 13.2 Å². The third-order valence-electron chi connectivity index (χ3n) is 4.28. The average Bonchev–Trinajstić information content (AvgIpc) is 3.12. The van der Waals surface area contributed by atoms with E-state index >= 15 is 0 Å². The minimum absolute atomic E-state index is 0.0376. The van der Waals surface area contributed by atoms with Gasteiger partial charge in [0.2, 0.25) is 11.7 Å². The van der Waals surface area contributed by atoms with Gasteiger partial charge < -0.3 is 9.42 Å². The molecule has 28 heavy (non-hydrogen) atoms. The van der Waals surface area contributed by atoms with Crippen molar-refractivity contribution in [2.45, 2.75) is 46.3 Å². The summed E-state index contributed by atoms with van der Waals surface area (Å²) in [5.74, 6) is 0.920. The summed E-state index contributed by atoms with van der Waals surface area (Å²) in [6.45, 7) is 6.27.